The second kappa shape index (κ2) is 7.19. The molecule has 3 rings (SSSR count). The van der Waals surface area contributed by atoms with Crippen molar-refractivity contribution in [2.45, 2.75) is 12.8 Å². The van der Waals surface area contributed by atoms with Crippen molar-refractivity contribution < 1.29 is 18.9 Å². The Morgan fingerprint density at radius 3 is 2.29 bits per heavy atom. The first kappa shape index (κ1) is 19.2. The highest BCUT2D eigenvalue weighted by Gasteiger charge is 2.36. The molecule has 0 spiro atoms. The number of pyridine rings is 1. The third-order valence-corrected chi connectivity index (χ3v) is 4.90. The number of rotatable bonds is 4. The Balaban J connectivity index is 2.40. The Labute approximate surface area is 162 Å². The van der Waals surface area contributed by atoms with Crippen LogP contribution in [0.5, 0.6) is 23.0 Å². The molecule has 146 valence electrons. The molecular weight excluding hydrogens is 362 g/mol. The number of hydrogen-bond donors (Lipinski definition) is 1. The molecule has 0 saturated heterocycles. The van der Waals surface area contributed by atoms with Crippen molar-refractivity contribution in [1.82, 2.24) is 4.57 Å². The fourth-order valence-corrected chi connectivity index (χ4v) is 3.33. The standard InChI is InChI=1S/C20H21N3O5/c1-10-6-16-18(20(24)23(10)2)17(12(9-21)19(22)28-16)11-7-14(26-4)15(27-5)8-13(11)25-3/h6-8,17H,22H2,1-5H3. The van der Waals surface area contributed by atoms with Crippen LogP contribution in [0.1, 0.15) is 22.7 Å². The highest BCUT2D eigenvalue weighted by atomic mass is 16.5. The zero-order valence-corrected chi connectivity index (χ0v) is 16.3. The lowest BCUT2D eigenvalue weighted by atomic mass is 9.83. The molecule has 28 heavy (non-hydrogen) atoms. The van der Waals surface area contributed by atoms with E-state index in [-0.39, 0.29) is 17.0 Å². The molecule has 8 heteroatoms. The number of fused-ring (bicyclic) bond motifs is 1. The number of nitrogens with two attached hydrogens (primary N) is 1. The molecule has 1 aromatic carbocycles. The van der Waals surface area contributed by atoms with Crippen LogP contribution in [0.25, 0.3) is 0 Å². The zero-order valence-electron chi connectivity index (χ0n) is 16.3. The Kier molecular flexibility index (Phi) is 4.92. The Bertz CT molecular complexity index is 1080. The molecule has 0 aliphatic carbocycles. The van der Waals surface area contributed by atoms with Crippen LogP contribution in [0.2, 0.25) is 0 Å². The summed E-state index contributed by atoms with van der Waals surface area (Å²) in [6.07, 6.45) is 0. The van der Waals surface area contributed by atoms with Crippen molar-refractivity contribution in [3.05, 3.63) is 56.8 Å². The molecule has 2 heterocycles. The minimum Gasteiger partial charge on any atom is -0.496 e. The summed E-state index contributed by atoms with van der Waals surface area (Å²) in [5.74, 6) is 0.818. The van der Waals surface area contributed by atoms with Gasteiger partial charge in [0.15, 0.2) is 11.5 Å². The summed E-state index contributed by atoms with van der Waals surface area (Å²) in [6, 6.07) is 7.12. The number of allylic oxidation sites excluding steroid dienone is 1. The molecule has 1 aliphatic rings. The van der Waals surface area contributed by atoms with E-state index in [0.717, 1.165) is 0 Å². The SMILES string of the molecule is COc1cc(OC)c(C2C(C#N)=C(N)Oc3cc(C)n(C)c(=O)c32)cc1OC. The molecule has 2 N–H and O–H groups in total. The number of aryl methyl sites for hydroxylation is 1. The second-order valence-electron chi connectivity index (χ2n) is 6.30. The van der Waals surface area contributed by atoms with E-state index in [9.17, 15) is 10.1 Å². The van der Waals surface area contributed by atoms with Crippen LogP contribution < -0.4 is 30.2 Å². The molecule has 0 bridgehead atoms. The zero-order chi connectivity index (χ0) is 20.6. The highest BCUT2D eigenvalue weighted by molar-refractivity contribution is 5.61. The van der Waals surface area contributed by atoms with Gasteiger partial charge >= 0.3 is 0 Å². The first-order chi connectivity index (χ1) is 13.4. The van der Waals surface area contributed by atoms with Crippen molar-refractivity contribution >= 4 is 0 Å². The predicted molar refractivity (Wildman–Crippen MR) is 102 cm³/mol. The number of aromatic nitrogens is 1. The Morgan fingerprint density at radius 2 is 1.71 bits per heavy atom. The van der Waals surface area contributed by atoms with E-state index in [2.05, 4.69) is 6.07 Å². The topological polar surface area (TPSA) is 109 Å². The molecule has 0 radical (unpaired) electrons. The molecular formula is C20H21N3O5. The summed E-state index contributed by atoms with van der Waals surface area (Å²) in [5, 5.41) is 9.75. The van der Waals surface area contributed by atoms with Gasteiger partial charge in [-0.2, -0.15) is 5.26 Å². The van der Waals surface area contributed by atoms with Gasteiger partial charge in [0.05, 0.1) is 32.8 Å². The first-order valence-corrected chi connectivity index (χ1v) is 8.45. The van der Waals surface area contributed by atoms with Gasteiger partial charge in [-0.3, -0.25) is 4.79 Å². The molecule has 1 aliphatic heterocycles. The molecule has 0 amide bonds. The van der Waals surface area contributed by atoms with Crippen molar-refractivity contribution in [3.8, 4) is 29.1 Å². The lowest BCUT2D eigenvalue weighted by Crippen LogP contribution is -2.31. The van der Waals surface area contributed by atoms with E-state index >= 15 is 0 Å². The van der Waals surface area contributed by atoms with Crippen molar-refractivity contribution in [2.75, 3.05) is 21.3 Å². The van der Waals surface area contributed by atoms with Crippen LogP contribution in [-0.4, -0.2) is 25.9 Å². The maximum atomic E-state index is 13.1. The minimum atomic E-state index is -0.775. The van der Waals surface area contributed by atoms with Crippen molar-refractivity contribution in [3.63, 3.8) is 0 Å². The second-order valence-corrected chi connectivity index (χ2v) is 6.30. The predicted octanol–water partition coefficient (Wildman–Crippen LogP) is 1.94. The normalized spacial score (nSPS) is 15.4. The van der Waals surface area contributed by atoms with E-state index in [0.29, 0.717) is 39.8 Å². The largest absolute Gasteiger partial charge is 0.496 e. The monoisotopic (exact) mass is 383 g/mol. The quantitative estimate of drug-likeness (QED) is 0.859. The van der Waals surface area contributed by atoms with E-state index in [1.54, 1.807) is 32.2 Å². The first-order valence-electron chi connectivity index (χ1n) is 8.45. The molecule has 1 unspecified atom stereocenters. The summed E-state index contributed by atoms with van der Waals surface area (Å²) in [6.45, 7) is 1.79. The van der Waals surface area contributed by atoms with Gasteiger partial charge in [0, 0.05) is 30.4 Å². The number of ether oxygens (including phenoxy) is 4. The van der Waals surface area contributed by atoms with Gasteiger partial charge in [0.25, 0.3) is 5.56 Å². The lowest BCUT2D eigenvalue weighted by molar-refractivity contribution is 0.346. The third-order valence-electron chi connectivity index (χ3n) is 4.90. The molecule has 2 aromatic rings. The number of methoxy groups -OCH3 is 3. The minimum absolute atomic E-state index is 0.0514. The van der Waals surface area contributed by atoms with Gasteiger partial charge in [0.2, 0.25) is 5.88 Å². The summed E-state index contributed by atoms with van der Waals surface area (Å²) < 4.78 is 23.3. The summed E-state index contributed by atoms with van der Waals surface area (Å²) in [4.78, 5) is 13.1. The van der Waals surface area contributed by atoms with Crippen molar-refractivity contribution in [1.29, 1.82) is 5.26 Å². The molecule has 8 nitrogen and oxygen atoms in total. The number of benzene rings is 1. The molecule has 0 saturated carbocycles. The summed E-state index contributed by atoms with van der Waals surface area (Å²) >= 11 is 0. The van der Waals surface area contributed by atoms with E-state index < -0.39 is 5.92 Å². The van der Waals surface area contributed by atoms with Gasteiger partial charge in [-0.05, 0) is 13.0 Å². The van der Waals surface area contributed by atoms with E-state index in [4.69, 9.17) is 24.7 Å². The van der Waals surface area contributed by atoms with Crippen molar-refractivity contribution in [2.24, 2.45) is 12.8 Å². The number of nitrogens with zero attached hydrogens (tertiary/aromatic N) is 2. The fraction of sp³-hybridized carbons (Fsp3) is 0.300. The lowest BCUT2D eigenvalue weighted by Gasteiger charge is -2.28. The highest BCUT2D eigenvalue weighted by Crippen LogP contribution is 2.46. The summed E-state index contributed by atoms with van der Waals surface area (Å²) in [7, 11) is 6.17. The van der Waals surface area contributed by atoms with E-state index in [1.807, 2.05) is 0 Å². The van der Waals surface area contributed by atoms with Gasteiger partial charge in [-0.1, -0.05) is 0 Å². The molecule has 0 fully saturated rings. The van der Waals surface area contributed by atoms with E-state index in [1.165, 1.54) is 25.9 Å². The molecule has 1 atom stereocenters. The van der Waals surface area contributed by atoms with Gasteiger partial charge in [0.1, 0.15) is 23.1 Å². The average molecular weight is 383 g/mol. The average Bonchev–Trinajstić information content (AvgIpc) is 2.70. The Morgan fingerprint density at radius 1 is 1.11 bits per heavy atom. The van der Waals surface area contributed by atoms with Crippen LogP contribution in [0.4, 0.5) is 0 Å². The Hall–Kier alpha value is -3.60. The molecule has 1 aromatic heterocycles. The van der Waals surface area contributed by atoms with Crippen LogP contribution in [0.15, 0.2) is 34.4 Å². The van der Waals surface area contributed by atoms with Gasteiger partial charge in [-0.25, -0.2) is 0 Å². The fourth-order valence-electron chi connectivity index (χ4n) is 3.33. The number of hydrogen-bond acceptors (Lipinski definition) is 7. The maximum Gasteiger partial charge on any atom is 0.258 e. The summed E-state index contributed by atoms with van der Waals surface area (Å²) in [5.41, 5.74) is 7.42. The van der Waals surface area contributed by atoms with Gasteiger partial charge < -0.3 is 29.2 Å². The van der Waals surface area contributed by atoms with Gasteiger partial charge in [-0.15, -0.1) is 0 Å². The maximum absolute atomic E-state index is 13.1. The van der Waals surface area contributed by atoms with Crippen LogP contribution in [0.3, 0.4) is 0 Å². The number of nitriles is 1. The third kappa shape index (κ3) is 2.81. The van der Waals surface area contributed by atoms with Crippen LogP contribution in [-0.2, 0) is 7.05 Å². The smallest absolute Gasteiger partial charge is 0.258 e. The van der Waals surface area contributed by atoms with Crippen LogP contribution >= 0.6 is 0 Å². The van der Waals surface area contributed by atoms with Crippen LogP contribution in [0, 0.1) is 18.3 Å².